The number of hydrogen-bond donors (Lipinski definition) is 0. The predicted octanol–water partition coefficient (Wildman–Crippen LogP) is 1.67. The van der Waals surface area contributed by atoms with Crippen LogP contribution in [-0.4, -0.2) is 60.2 Å². The molecular formula is C16H24N4O2. The van der Waals surface area contributed by atoms with Crippen molar-refractivity contribution in [2.75, 3.05) is 44.3 Å². The van der Waals surface area contributed by atoms with Crippen LogP contribution in [0.1, 0.15) is 48.8 Å². The van der Waals surface area contributed by atoms with Gasteiger partial charge in [-0.15, -0.1) is 0 Å². The number of carbonyl (C=O) groups is 1. The zero-order valence-corrected chi connectivity index (χ0v) is 13.4. The van der Waals surface area contributed by atoms with Crippen LogP contribution in [0.15, 0.2) is 6.07 Å². The number of amides is 1. The van der Waals surface area contributed by atoms with Crippen molar-refractivity contribution in [1.82, 2.24) is 14.9 Å². The van der Waals surface area contributed by atoms with Gasteiger partial charge in [-0.25, -0.2) is 9.97 Å². The Balaban J connectivity index is 1.90. The molecule has 0 unspecified atom stereocenters. The molecule has 2 aliphatic heterocycles. The fourth-order valence-corrected chi connectivity index (χ4v) is 2.85. The standard InChI is InChI=1S/C16H24N4O2/c1-12(2)13-11-14(15(21)19-5-3-4-6-19)18-16(17-13)20-7-9-22-10-8-20/h11-12H,3-10H2,1-2H3. The molecule has 0 atom stereocenters. The first kappa shape index (κ1) is 15.2. The second kappa shape index (κ2) is 6.60. The van der Waals surface area contributed by atoms with Crippen LogP contribution in [0.3, 0.4) is 0 Å². The third-order valence-electron chi connectivity index (χ3n) is 4.23. The van der Waals surface area contributed by atoms with Crippen LogP contribution in [0.5, 0.6) is 0 Å². The molecule has 1 amide bonds. The molecule has 2 fully saturated rings. The number of ether oxygens (including phenoxy) is 1. The number of rotatable bonds is 3. The van der Waals surface area contributed by atoms with Gasteiger partial charge >= 0.3 is 0 Å². The monoisotopic (exact) mass is 304 g/mol. The lowest BCUT2D eigenvalue weighted by molar-refractivity contribution is 0.0786. The van der Waals surface area contributed by atoms with Gasteiger partial charge in [0.1, 0.15) is 5.69 Å². The third kappa shape index (κ3) is 3.21. The van der Waals surface area contributed by atoms with E-state index in [1.54, 1.807) is 0 Å². The molecule has 0 radical (unpaired) electrons. The third-order valence-corrected chi connectivity index (χ3v) is 4.23. The van der Waals surface area contributed by atoms with Crippen LogP contribution in [0.4, 0.5) is 5.95 Å². The summed E-state index contributed by atoms with van der Waals surface area (Å²) in [5, 5.41) is 0. The van der Waals surface area contributed by atoms with Gasteiger partial charge in [0.2, 0.25) is 5.95 Å². The molecule has 6 heteroatoms. The van der Waals surface area contributed by atoms with Crippen molar-refractivity contribution in [1.29, 1.82) is 0 Å². The topological polar surface area (TPSA) is 58.6 Å². The van der Waals surface area contributed by atoms with E-state index >= 15 is 0 Å². The van der Waals surface area contributed by atoms with Gasteiger partial charge in [-0.2, -0.15) is 0 Å². The number of carbonyl (C=O) groups excluding carboxylic acids is 1. The summed E-state index contributed by atoms with van der Waals surface area (Å²) in [6.07, 6.45) is 2.17. The van der Waals surface area contributed by atoms with Crippen molar-refractivity contribution in [2.24, 2.45) is 0 Å². The molecule has 1 aromatic heterocycles. The van der Waals surface area contributed by atoms with E-state index in [0.717, 1.165) is 44.7 Å². The molecule has 6 nitrogen and oxygen atoms in total. The van der Waals surface area contributed by atoms with Crippen molar-refractivity contribution < 1.29 is 9.53 Å². The van der Waals surface area contributed by atoms with Gasteiger partial charge in [0, 0.05) is 31.9 Å². The Labute approximate surface area is 131 Å². The van der Waals surface area contributed by atoms with E-state index in [0.29, 0.717) is 24.9 Å². The Morgan fingerprint density at radius 3 is 2.45 bits per heavy atom. The zero-order chi connectivity index (χ0) is 15.5. The first-order valence-corrected chi connectivity index (χ1v) is 8.16. The van der Waals surface area contributed by atoms with E-state index in [9.17, 15) is 4.79 Å². The van der Waals surface area contributed by atoms with Crippen LogP contribution >= 0.6 is 0 Å². The van der Waals surface area contributed by atoms with E-state index in [1.807, 2.05) is 11.0 Å². The molecule has 0 saturated carbocycles. The van der Waals surface area contributed by atoms with Gasteiger partial charge in [-0.1, -0.05) is 13.8 Å². The van der Waals surface area contributed by atoms with Gasteiger partial charge < -0.3 is 14.5 Å². The van der Waals surface area contributed by atoms with Gasteiger partial charge in [-0.05, 0) is 24.8 Å². The van der Waals surface area contributed by atoms with Gasteiger partial charge in [-0.3, -0.25) is 4.79 Å². The second-order valence-electron chi connectivity index (χ2n) is 6.23. The summed E-state index contributed by atoms with van der Waals surface area (Å²) in [4.78, 5) is 25.9. The molecule has 1 aromatic rings. The largest absolute Gasteiger partial charge is 0.378 e. The van der Waals surface area contributed by atoms with E-state index in [2.05, 4.69) is 28.7 Å². The Morgan fingerprint density at radius 2 is 1.82 bits per heavy atom. The highest BCUT2D eigenvalue weighted by Gasteiger charge is 2.24. The highest BCUT2D eigenvalue weighted by molar-refractivity contribution is 5.92. The van der Waals surface area contributed by atoms with Crippen LogP contribution in [0, 0.1) is 0 Å². The van der Waals surface area contributed by atoms with Crippen molar-refractivity contribution >= 4 is 11.9 Å². The number of anilines is 1. The molecule has 120 valence electrons. The molecule has 0 aliphatic carbocycles. The van der Waals surface area contributed by atoms with Gasteiger partial charge in [0.15, 0.2) is 0 Å². The van der Waals surface area contributed by atoms with Crippen LogP contribution in [0.2, 0.25) is 0 Å². The minimum atomic E-state index is 0.0382. The lowest BCUT2D eigenvalue weighted by Gasteiger charge is -2.28. The summed E-state index contributed by atoms with van der Waals surface area (Å²) in [5.74, 6) is 0.973. The molecule has 22 heavy (non-hydrogen) atoms. The highest BCUT2D eigenvalue weighted by atomic mass is 16.5. The zero-order valence-electron chi connectivity index (χ0n) is 13.4. The number of hydrogen-bond acceptors (Lipinski definition) is 5. The van der Waals surface area contributed by atoms with Crippen molar-refractivity contribution in [2.45, 2.75) is 32.6 Å². The Morgan fingerprint density at radius 1 is 1.14 bits per heavy atom. The van der Waals surface area contributed by atoms with Crippen molar-refractivity contribution in [3.8, 4) is 0 Å². The maximum Gasteiger partial charge on any atom is 0.272 e. The maximum absolute atomic E-state index is 12.6. The van der Waals surface area contributed by atoms with Gasteiger partial charge in [0.25, 0.3) is 5.91 Å². The van der Waals surface area contributed by atoms with Crippen LogP contribution < -0.4 is 4.90 Å². The molecule has 2 saturated heterocycles. The quantitative estimate of drug-likeness (QED) is 0.850. The van der Waals surface area contributed by atoms with E-state index in [4.69, 9.17) is 4.74 Å². The molecule has 0 bridgehead atoms. The number of morpholine rings is 1. The lowest BCUT2D eigenvalue weighted by Crippen LogP contribution is -2.38. The number of aromatic nitrogens is 2. The first-order valence-electron chi connectivity index (χ1n) is 8.16. The van der Waals surface area contributed by atoms with E-state index in [1.165, 1.54) is 0 Å². The van der Waals surface area contributed by atoms with Crippen LogP contribution in [-0.2, 0) is 4.74 Å². The lowest BCUT2D eigenvalue weighted by atomic mass is 10.1. The SMILES string of the molecule is CC(C)c1cc(C(=O)N2CCCC2)nc(N2CCOCC2)n1. The molecular weight excluding hydrogens is 280 g/mol. The van der Waals surface area contributed by atoms with Crippen molar-refractivity contribution in [3.63, 3.8) is 0 Å². The van der Waals surface area contributed by atoms with Gasteiger partial charge in [0.05, 0.1) is 13.2 Å². The summed E-state index contributed by atoms with van der Waals surface area (Å²) in [6, 6.07) is 1.86. The molecule has 3 rings (SSSR count). The Bertz CT molecular complexity index is 535. The predicted molar refractivity (Wildman–Crippen MR) is 84.3 cm³/mol. The van der Waals surface area contributed by atoms with Crippen LogP contribution in [0.25, 0.3) is 0 Å². The average Bonchev–Trinajstić information content (AvgIpc) is 3.09. The molecule has 2 aliphatic rings. The van der Waals surface area contributed by atoms with E-state index < -0.39 is 0 Å². The first-order chi connectivity index (χ1) is 10.6. The fraction of sp³-hybridized carbons (Fsp3) is 0.688. The molecule has 0 spiro atoms. The highest BCUT2D eigenvalue weighted by Crippen LogP contribution is 2.20. The summed E-state index contributed by atoms with van der Waals surface area (Å²) < 4.78 is 5.39. The average molecular weight is 304 g/mol. The summed E-state index contributed by atoms with van der Waals surface area (Å²) >= 11 is 0. The molecule has 0 N–H and O–H groups in total. The van der Waals surface area contributed by atoms with Crippen molar-refractivity contribution in [3.05, 3.63) is 17.5 Å². The normalized spacial score (nSPS) is 19.0. The fourth-order valence-electron chi connectivity index (χ4n) is 2.85. The summed E-state index contributed by atoms with van der Waals surface area (Å²) in [6.45, 7) is 8.79. The number of likely N-dealkylation sites (tertiary alicyclic amines) is 1. The minimum absolute atomic E-state index is 0.0382. The maximum atomic E-state index is 12.6. The summed E-state index contributed by atoms with van der Waals surface area (Å²) in [7, 11) is 0. The minimum Gasteiger partial charge on any atom is -0.378 e. The Kier molecular flexibility index (Phi) is 4.57. The molecule has 0 aromatic carbocycles. The molecule has 3 heterocycles. The Hall–Kier alpha value is -1.69. The smallest absolute Gasteiger partial charge is 0.272 e. The second-order valence-corrected chi connectivity index (χ2v) is 6.23. The summed E-state index contributed by atoms with van der Waals surface area (Å²) in [5.41, 5.74) is 1.46. The number of nitrogens with zero attached hydrogens (tertiary/aromatic N) is 4. The van der Waals surface area contributed by atoms with E-state index in [-0.39, 0.29) is 11.8 Å².